The smallest absolute Gasteiger partial charge is 0.225 e. The van der Waals surface area contributed by atoms with Crippen LogP contribution in [0.2, 0.25) is 5.02 Å². The van der Waals surface area contributed by atoms with Crippen molar-refractivity contribution in [2.24, 2.45) is 0 Å². The number of hydrogen-bond donors (Lipinski definition) is 2. The topological polar surface area (TPSA) is 70.7 Å². The fraction of sp³-hybridized carbons (Fsp3) is 0.167. The van der Waals surface area contributed by atoms with E-state index in [4.69, 9.17) is 11.6 Å². The summed E-state index contributed by atoms with van der Waals surface area (Å²) < 4.78 is 0. The average Bonchev–Trinajstić information content (AvgIpc) is 3.03. The van der Waals surface area contributed by atoms with Crippen molar-refractivity contribution in [3.63, 3.8) is 0 Å². The molecule has 24 heavy (non-hydrogen) atoms. The van der Waals surface area contributed by atoms with Crippen LogP contribution in [0.3, 0.4) is 0 Å². The molecule has 0 aliphatic heterocycles. The Morgan fingerprint density at radius 2 is 2.04 bits per heavy atom. The highest BCUT2D eigenvalue weighted by atomic mass is 35.5. The third-order valence-corrected chi connectivity index (χ3v) is 3.95. The normalized spacial score (nSPS) is 10.6. The molecule has 0 spiro atoms. The van der Waals surface area contributed by atoms with Gasteiger partial charge in [-0.2, -0.15) is 5.10 Å². The molecule has 0 atom stereocenters. The molecule has 0 bridgehead atoms. The monoisotopic (exact) mass is 340 g/mol. The van der Waals surface area contributed by atoms with Crippen molar-refractivity contribution < 1.29 is 4.79 Å². The SMILES string of the molecule is Cc1cnccc1-c1cc(NC(=O)CCc2ccc(Cl)cc2)[nH]n1. The number of carbonyl (C=O) groups excluding carboxylic acids is 1. The Kier molecular flexibility index (Phi) is 4.91. The predicted molar refractivity (Wildman–Crippen MR) is 95.0 cm³/mol. The van der Waals surface area contributed by atoms with Crippen LogP contribution in [0.4, 0.5) is 5.82 Å². The molecule has 2 heterocycles. The highest BCUT2D eigenvalue weighted by molar-refractivity contribution is 6.30. The summed E-state index contributed by atoms with van der Waals surface area (Å²) in [4.78, 5) is 16.1. The molecule has 0 saturated heterocycles. The maximum Gasteiger partial charge on any atom is 0.225 e. The number of aromatic amines is 1. The van der Waals surface area contributed by atoms with Crippen molar-refractivity contribution in [3.05, 3.63) is 64.9 Å². The van der Waals surface area contributed by atoms with Crippen molar-refractivity contribution in [1.29, 1.82) is 0 Å². The maximum absolute atomic E-state index is 12.1. The zero-order chi connectivity index (χ0) is 16.9. The van der Waals surface area contributed by atoms with Gasteiger partial charge >= 0.3 is 0 Å². The first-order chi connectivity index (χ1) is 11.6. The van der Waals surface area contributed by atoms with E-state index in [1.165, 1.54) is 0 Å². The average molecular weight is 341 g/mol. The van der Waals surface area contributed by atoms with Crippen molar-refractivity contribution >= 4 is 23.3 Å². The largest absolute Gasteiger partial charge is 0.311 e. The second kappa shape index (κ2) is 7.27. The Labute approximate surface area is 145 Å². The number of nitrogens with zero attached hydrogens (tertiary/aromatic N) is 2. The van der Waals surface area contributed by atoms with Gasteiger partial charge in [-0.05, 0) is 42.7 Å². The van der Waals surface area contributed by atoms with E-state index >= 15 is 0 Å². The number of anilines is 1. The first-order valence-corrected chi connectivity index (χ1v) is 8.00. The maximum atomic E-state index is 12.1. The predicted octanol–water partition coefficient (Wildman–Crippen LogP) is 4.00. The lowest BCUT2D eigenvalue weighted by Gasteiger charge is -2.03. The number of nitrogens with one attached hydrogen (secondary N) is 2. The number of benzene rings is 1. The summed E-state index contributed by atoms with van der Waals surface area (Å²) in [5.74, 6) is 0.522. The summed E-state index contributed by atoms with van der Waals surface area (Å²) in [7, 11) is 0. The number of pyridine rings is 1. The molecule has 122 valence electrons. The summed E-state index contributed by atoms with van der Waals surface area (Å²) >= 11 is 5.85. The number of aromatic nitrogens is 3. The highest BCUT2D eigenvalue weighted by Gasteiger charge is 2.09. The Bertz CT molecular complexity index is 842. The number of H-pyrrole nitrogens is 1. The van der Waals surface area contributed by atoms with Gasteiger partial charge in [0, 0.05) is 35.5 Å². The van der Waals surface area contributed by atoms with E-state index in [2.05, 4.69) is 20.5 Å². The van der Waals surface area contributed by atoms with E-state index in [1.807, 2.05) is 43.3 Å². The van der Waals surface area contributed by atoms with Crippen LogP contribution in [-0.2, 0) is 11.2 Å². The molecule has 3 aromatic rings. The van der Waals surface area contributed by atoms with Crippen molar-refractivity contribution in [3.8, 4) is 11.3 Å². The molecule has 0 aliphatic carbocycles. The van der Waals surface area contributed by atoms with Gasteiger partial charge in [0.25, 0.3) is 0 Å². The van der Waals surface area contributed by atoms with Gasteiger partial charge in [0.15, 0.2) is 0 Å². The van der Waals surface area contributed by atoms with Crippen LogP contribution >= 0.6 is 11.6 Å². The summed E-state index contributed by atoms with van der Waals surface area (Å²) in [5.41, 5.74) is 3.88. The number of aryl methyl sites for hydroxylation is 2. The molecule has 0 aliphatic rings. The lowest BCUT2D eigenvalue weighted by molar-refractivity contribution is -0.116. The van der Waals surface area contributed by atoms with Crippen LogP contribution in [0.15, 0.2) is 48.8 Å². The van der Waals surface area contributed by atoms with Crippen molar-refractivity contribution in [2.75, 3.05) is 5.32 Å². The van der Waals surface area contributed by atoms with Crippen molar-refractivity contribution in [2.45, 2.75) is 19.8 Å². The number of hydrogen-bond acceptors (Lipinski definition) is 3. The first-order valence-electron chi connectivity index (χ1n) is 7.62. The van der Waals surface area contributed by atoms with Crippen LogP contribution in [0, 0.1) is 6.92 Å². The molecule has 0 radical (unpaired) electrons. The summed E-state index contributed by atoms with van der Waals surface area (Å²) in [6, 6.07) is 11.2. The van der Waals surface area contributed by atoms with Gasteiger partial charge < -0.3 is 5.32 Å². The van der Waals surface area contributed by atoms with Crippen molar-refractivity contribution in [1.82, 2.24) is 15.2 Å². The molecule has 1 amide bonds. The molecular formula is C18H17ClN4O. The van der Waals surface area contributed by atoms with Crippen LogP contribution in [0.5, 0.6) is 0 Å². The van der Waals surface area contributed by atoms with Crippen LogP contribution in [0.25, 0.3) is 11.3 Å². The van der Waals surface area contributed by atoms with Gasteiger partial charge in [-0.1, -0.05) is 23.7 Å². The van der Waals surface area contributed by atoms with Crippen LogP contribution in [-0.4, -0.2) is 21.1 Å². The minimum Gasteiger partial charge on any atom is -0.311 e. The molecule has 2 aromatic heterocycles. The number of carbonyl (C=O) groups is 1. The van der Waals surface area contributed by atoms with Crippen LogP contribution < -0.4 is 5.32 Å². The third kappa shape index (κ3) is 4.00. The van der Waals surface area contributed by atoms with Gasteiger partial charge in [-0.3, -0.25) is 14.9 Å². The van der Waals surface area contributed by atoms with Crippen LogP contribution in [0.1, 0.15) is 17.5 Å². The summed E-state index contributed by atoms with van der Waals surface area (Å²) in [5, 5.41) is 10.6. The summed E-state index contributed by atoms with van der Waals surface area (Å²) in [6.07, 6.45) is 4.56. The number of amides is 1. The Balaban J connectivity index is 1.59. The molecule has 5 nitrogen and oxygen atoms in total. The quantitative estimate of drug-likeness (QED) is 0.737. The standard InChI is InChI=1S/C18H17ClN4O/c1-12-11-20-9-8-15(12)16-10-17(23-22-16)21-18(24)7-4-13-2-5-14(19)6-3-13/h2-3,5-6,8-11H,4,7H2,1H3,(H2,21,22,23,24). The van der Waals surface area contributed by atoms with E-state index in [9.17, 15) is 4.79 Å². The van der Waals surface area contributed by atoms with Gasteiger partial charge in [-0.15, -0.1) is 0 Å². The van der Waals surface area contributed by atoms with Gasteiger partial charge in [-0.25, -0.2) is 0 Å². The third-order valence-electron chi connectivity index (χ3n) is 3.70. The minimum atomic E-state index is -0.0633. The van der Waals surface area contributed by atoms with Gasteiger partial charge in [0.05, 0.1) is 5.69 Å². The molecule has 0 fully saturated rings. The molecule has 3 rings (SSSR count). The molecule has 1 aromatic carbocycles. The molecular weight excluding hydrogens is 324 g/mol. The lowest BCUT2D eigenvalue weighted by Crippen LogP contribution is -2.12. The zero-order valence-corrected chi connectivity index (χ0v) is 14.0. The summed E-state index contributed by atoms with van der Waals surface area (Å²) in [6.45, 7) is 1.97. The zero-order valence-electron chi connectivity index (χ0n) is 13.2. The Morgan fingerprint density at radius 3 is 2.79 bits per heavy atom. The second-order valence-corrected chi connectivity index (χ2v) is 5.97. The highest BCUT2D eigenvalue weighted by Crippen LogP contribution is 2.22. The fourth-order valence-corrected chi connectivity index (χ4v) is 2.53. The number of rotatable bonds is 5. The van der Waals surface area contributed by atoms with E-state index in [0.717, 1.165) is 22.4 Å². The van der Waals surface area contributed by atoms with E-state index in [-0.39, 0.29) is 5.91 Å². The molecule has 0 unspecified atom stereocenters. The van der Waals surface area contributed by atoms with Gasteiger partial charge in [0.1, 0.15) is 5.82 Å². The fourth-order valence-electron chi connectivity index (χ4n) is 2.41. The molecule has 2 N–H and O–H groups in total. The minimum absolute atomic E-state index is 0.0633. The Morgan fingerprint density at radius 1 is 1.25 bits per heavy atom. The molecule has 6 heteroatoms. The van der Waals surface area contributed by atoms with E-state index in [1.54, 1.807) is 12.4 Å². The number of halogens is 1. The molecule has 0 saturated carbocycles. The van der Waals surface area contributed by atoms with E-state index < -0.39 is 0 Å². The van der Waals surface area contributed by atoms with Gasteiger partial charge in [0.2, 0.25) is 5.91 Å². The Hall–Kier alpha value is -2.66. The second-order valence-electron chi connectivity index (χ2n) is 5.53. The first kappa shape index (κ1) is 16.2. The lowest BCUT2D eigenvalue weighted by atomic mass is 10.1. The van der Waals surface area contributed by atoms with E-state index in [0.29, 0.717) is 23.7 Å².